The zero-order valence-corrected chi connectivity index (χ0v) is 8.97. The normalized spacial score (nSPS) is 16.0. The molecule has 5 nitrogen and oxygen atoms in total. The van der Waals surface area contributed by atoms with Crippen molar-refractivity contribution in [2.75, 3.05) is 18.5 Å². The summed E-state index contributed by atoms with van der Waals surface area (Å²) in [6.07, 6.45) is 0.720. The maximum Gasteiger partial charge on any atom is 0.325 e. The van der Waals surface area contributed by atoms with Crippen LogP contribution in [-0.2, 0) is 11.2 Å². The highest BCUT2D eigenvalue weighted by atomic mass is 16.4. The van der Waals surface area contributed by atoms with Crippen LogP contribution in [0.5, 0.6) is 5.75 Å². The Hall–Kier alpha value is -1.75. The zero-order chi connectivity index (χ0) is 11.9. The predicted molar refractivity (Wildman–Crippen MR) is 59.6 cm³/mol. The van der Waals surface area contributed by atoms with Crippen LogP contribution < -0.4 is 10.6 Å². The summed E-state index contributed by atoms with van der Waals surface area (Å²) in [5.41, 5.74) is 7.51. The van der Waals surface area contributed by atoms with Gasteiger partial charge in [0.1, 0.15) is 11.8 Å². The molecule has 1 aliphatic rings. The van der Waals surface area contributed by atoms with Crippen molar-refractivity contribution in [3.63, 3.8) is 0 Å². The van der Waals surface area contributed by atoms with E-state index in [4.69, 9.17) is 10.8 Å². The lowest BCUT2D eigenvalue weighted by atomic mass is 10.0. The maximum atomic E-state index is 10.8. The lowest BCUT2D eigenvalue weighted by Crippen LogP contribution is -2.21. The predicted octanol–water partition coefficient (Wildman–Crippen LogP) is 0.469. The van der Waals surface area contributed by atoms with Crippen molar-refractivity contribution in [1.82, 2.24) is 0 Å². The molecule has 0 spiro atoms. The third-order valence-electron chi connectivity index (χ3n) is 3.00. The molecular formula is C11H14N2O3. The first-order valence-electron chi connectivity index (χ1n) is 5.06. The fourth-order valence-electron chi connectivity index (χ4n) is 2.03. The van der Waals surface area contributed by atoms with Crippen molar-refractivity contribution in [3.05, 3.63) is 23.3 Å². The number of carboxylic acids is 1. The SMILES string of the molecule is CN1CCc2c1ccc(C(N)C(=O)O)c2O. The number of fused-ring (bicyclic) bond motifs is 1. The molecule has 0 fully saturated rings. The third kappa shape index (κ3) is 1.49. The topological polar surface area (TPSA) is 86.8 Å². The number of likely N-dealkylation sites (N-methyl/N-ethyl adjacent to an activating group) is 1. The Morgan fingerprint density at radius 3 is 2.88 bits per heavy atom. The average molecular weight is 222 g/mol. The second-order valence-electron chi connectivity index (χ2n) is 3.99. The summed E-state index contributed by atoms with van der Waals surface area (Å²) in [4.78, 5) is 12.8. The van der Waals surface area contributed by atoms with Crippen LogP contribution in [0.2, 0.25) is 0 Å². The van der Waals surface area contributed by atoms with Crippen LogP contribution in [-0.4, -0.2) is 29.8 Å². The Labute approximate surface area is 93.1 Å². The lowest BCUT2D eigenvalue weighted by Gasteiger charge is -2.15. The first-order valence-corrected chi connectivity index (χ1v) is 5.06. The number of carboxylic acid groups (broad SMARTS) is 1. The van der Waals surface area contributed by atoms with Gasteiger partial charge in [0.05, 0.1) is 0 Å². The zero-order valence-electron chi connectivity index (χ0n) is 8.97. The summed E-state index contributed by atoms with van der Waals surface area (Å²) in [6.45, 7) is 0.828. The molecule has 0 saturated heterocycles. The largest absolute Gasteiger partial charge is 0.507 e. The molecule has 0 saturated carbocycles. The van der Waals surface area contributed by atoms with Crippen LogP contribution in [0.25, 0.3) is 0 Å². The van der Waals surface area contributed by atoms with Crippen molar-refractivity contribution in [2.45, 2.75) is 12.5 Å². The fraction of sp³-hybridized carbons (Fsp3) is 0.364. The Kier molecular flexibility index (Phi) is 2.47. The Morgan fingerprint density at radius 2 is 2.25 bits per heavy atom. The minimum absolute atomic E-state index is 0.0248. The van der Waals surface area contributed by atoms with E-state index in [0.29, 0.717) is 0 Å². The van der Waals surface area contributed by atoms with E-state index in [1.54, 1.807) is 12.1 Å². The molecule has 1 aliphatic heterocycles. The first-order chi connectivity index (χ1) is 7.52. The number of nitrogens with zero attached hydrogens (tertiary/aromatic N) is 1. The number of phenolic OH excluding ortho intramolecular Hbond substituents is 1. The summed E-state index contributed by atoms with van der Waals surface area (Å²) in [6, 6.07) is 2.21. The monoisotopic (exact) mass is 222 g/mol. The fourth-order valence-corrected chi connectivity index (χ4v) is 2.03. The molecule has 0 aliphatic carbocycles. The number of phenols is 1. The highest BCUT2D eigenvalue weighted by molar-refractivity contribution is 5.78. The number of rotatable bonds is 2. The van der Waals surface area contributed by atoms with Gasteiger partial charge in [-0.15, -0.1) is 0 Å². The number of carbonyl (C=O) groups is 1. The van der Waals surface area contributed by atoms with Crippen LogP contribution in [0.3, 0.4) is 0 Å². The van der Waals surface area contributed by atoms with Crippen molar-refractivity contribution >= 4 is 11.7 Å². The average Bonchev–Trinajstić information content (AvgIpc) is 2.61. The van der Waals surface area contributed by atoms with Crippen molar-refractivity contribution in [2.24, 2.45) is 5.73 Å². The van der Waals surface area contributed by atoms with Crippen LogP contribution in [0.1, 0.15) is 17.2 Å². The second kappa shape index (κ2) is 3.68. The van der Waals surface area contributed by atoms with Crippen LogP contribution in [0.4, 0.5) is 5.69 Å². The Morgan fingerprint density at radius 1 is 1.56 bits per heavy atom. The van der Waals surface area contributed by atoms with Gasteiger partial charge in [-0.1, -0.05) is 6.07 Å². The standard InChI is InChI=1S/C11H14N2O3/c1-13-5-4-6-8(13)3-2-7(10(6)14)9(12)11(15)16/h2-3,9,14H,4-5,12H2,1H3,(H,15,16). The summed E-state index contributed by atoms with van der Waals surface area (Å²) in [5.74, 6) is -1.11. The van der Waals surface area contributed by atoms with Gasteiger partial charge in [0.25, 0.3) is 0 Å². The quantitative estimate of drug-likeness (QED) is 0.677. The number of aromatic hydroxyl groups is 1. The van der Waals surface area contributed by atoms with Crippen LogP contribution in [0, 0.1) is 0 Å². The number of benzene rings is 1. The molecule has 4 N–H and O–H groups in total. The summed E-state index contributed by atoms with van der Waals surface area (Å²) in [5, 5.41) is 18.8. The molecule has 5 heteroatoms. The van der Waals surface area contributed by atoms with Gasteiger partial charge in [-0.2, -0.15) is 0 Å². The Bertz CT molecular complexity index is 445. The van der Waals surface area contributed by atoms with E-state index in [2.05, 4.69) is 0 Å². The Balaban J connectivity index is 2.48. The van der Waals surface area contributed by atoms with Crippen molar-refractivity contribution in [3.8, 4) is 5.75 Å². The first kappa shape index (κ1) is 10.8. The van der Waals surface area contributed by atoms with Gasteiger partial charge in [-0.25, -0.2) is 0 Å². The molecule has 1 unspecified atom stereocenters. The molecule has 1 aromatic rings. The van der Waals surface area contributed by atoms with Crippen molar-refractivity contribution in [1.29, 1.82) is 0 Å². The highest BCUT2D eigenvalue weighted by Crippen LogP contribution is 2.37. The van der Waals surface area contributed by atoms with E-state index >= 15 is 0 Å². The number of hydrogen-bond donors (Lipinski definition) is 3. The van der Waals surface area contributed by atoms with E-state index < -0.39 is 12.0 Å². The molecule has 1 atom stereocenters. The summed E-state index contributed by atoms with van der Waals surface area (Å²) >= 11 is 0. The van der Waals surface area contributed by atoms with E-state index in [-0.39, 0.29) is 11.3 Å². The molecule has 2 rings (SSSR count). The summed E-state index contributed by atoms with van der Waals surface area (Å²) in [7, 11) is 1.93. The van der Waals surface area contributed by atoms with Gasteiger partial charge in [-0.05, 0) is 12.5 Å². The molecule has 0 aromatic heterocycles. The van der Waals surface area contributed by atoms with E-state index in [9.17, 15) is 9.90 Å². The van der Waals surface area contributed by atoms with Crippen LogP contribution >= 0.6 is 0 Å². The molecular weight excluding hydrogens is 208 g/mol. The smallest absolute Gasteiger partial charge is 0.325 e. The molecule has 86 valence electrons. The minimum atomic E-state index is -1.17. The van der Waals surface area contributed by atoms with Gasteiger partial charge in [0.2, 0.25) is 0 Å². The van der Waals surface area contributed by atoms with Gasteiger partial charge in [-0.3, -0.25) is 4.79 Å². The number of nitrogens with two attached hydrogens (primary N) is 1. The van der Waals surface area contributed by atoms with Gasteiger partial charge in [0.15, 0.2) is 0 Å². The van der Waals surface area contributed by atoms with Gasteiger partial charge >= 0.3 is 5.97 Å². The molecule has 16 heavy (non-hydrogen) atoms. The molecule has 0 radical (unpaired) electrons. The molecule has 1 aromatic carbocycles. The highest BCUT2D eigenvalue weighted by Gasteiger charge is 2.25. The number of hydrogen-bond acceptors (Lipinski definition) is 4. The third-order valence-corrected chi connectivity index (χ3v) is 3.00. The maximum absolute atomic E-state index is 10.8. The minimum Gasteiger partial charge on any atom is -0.507 e. The van der Waals surface area contributed by atoms with E-state index in [0.717, 1.165) is 24.2 Å². The number of aliphatic carboxylic acids is 1. The van der Waals surface area contributed by atoms with Crippen molar-refractivity contribution < 1.29 is 15.0 Å². The molecule has 0 bridgehead atoms. The summed E-state index contributed by atoms with van der Waals surface area (Å²) < 4.78 is 0. The van der Waals surface area contributed by atoms with Crippen LogP contribution in [0.15, 0.2) is 12.1 Å². The molecule has 0 amide bonds. The number of anilines is 1. The molecule has 1 heterocycles. The van der Waals surface area contributed by atoms with E-state index in [1.165, 1.54) is 0 Å². The second-order valence-corrected chi connectivity index (χ2v) is 3.99. The van der Waals surface area contributed by atoms with E-state index in [1.807, 2.05) is 11.9 Å². The van der Waals surface area contributed by atoms with Gasteiger partial charge < -0.3 is 20.8 Å². The lowest BCUT2D eigenvalue weighted by molar-refractivity contribution is -0.138. The van der Waals surface area contributed by atoms with Gasteiger partial charge in [0, 0.05) is 30.4 Å².